The molecule has 0 atom stereocenters. The van der Waals surface area contributed by atoms with Crippen LogP contribution < -0.4 is 0 Å². The van der Waals surface area contributed by atoms with Crippen molar-refractivity contribution in [3.05, 3.63) is 84.0 Å². The van der Waals surface area contributed by atoms with Crippen LogP contribution in [0.3, 0.4) is 0 Å². The molecule has 216 valence electrons. The Bertz CT molecular complexity index is 1000. The molecule has 39 heavy (non-hydrogen) atoms. The van der Waals surface area contributed by atoms with Gasteiger partial charge in [0.25, 0.3) is 0 Å². The first-order valence-electron chi connectivity index (χ1n) is 15.4. The van der Waals surface area contributed by atoms with Gasteiger partial charge in [-0.15, -0.1) is 0 Å². The molecule has 2 aromatic carbocycles. The van der Waals surface area contributed by atoms with Crippen molar-refractivity contribution < 1.29 is 20.4 Å². The molecule has 0 fully saturated rings. The van der Waals surface area contributed by atoms with E-state index >= 15 is 0 Å². The molecule has 0 aliphatic carbocycles. The molecule has 0 aromatic heterocycles. The van der Waals surface area contributed by atoms with E-state index in [-0.39, 0.29) is 20.4 Å². The fourth-order valence-corrected chi connectivity index (χ4v) is 4.42. The number of aliphatic imine (C=N–C) groups is 2. The van der Waals surface area contributed by atoms with Gasteiger partial charge in [0.1, 0.15) is 0 Å². The second kappa shape index (κ2) is 23.8. The van der Waals surface area contributed by atoms with Crippen LogP contribution in [0.4, 0.5) is 11.4 Å². The number of hydrogen-bond acceptors (Lipinski definition) is 2. The fraction of sp³-hybridized carbons (Fsp3) is 0.500. The van der Waals surface area contributed by atoms with Crippen LogP contribution in [-0.4, -0.2) is 11.9 Å². The molecule has 0 unspecified atom stereocenters. The quantitative estimate of drug-likeness (QED) is 0.0610. The van der Waals surface area contributed by atoms with E-state index < -0.39 is 0 Å². The Morgan fingerprint density at radius 2 is 1.05 bits per heavy atom. The SMILES string of the molecule is CCCC/C=C/CCCc1ccccc1N=CC(CCCC)=Nc1ccccc1CCC/C=C/CCCC.[Pd]. The van der Waals surface area contributed by atoms with Crippen molar-refractivity contribution in [2.75, 3.05) is 0 Å². The van der Waals surface area contributed by atoms with E-state index in [1.54, 1.807) is 0 Å². The molecule has 0 aliphatic heterocycles. The summed E-state index contributed by atoms with van der Waals surface area (Å²) in [5.41, 5.74) is 5.92. The molecule has 0 heterocycles. The molecular weight excluding hydrogens is 567 g/mol. The standard InChI is InChI=1S/C36H52N2.Pd/c1-4-7-10-12-14-16-18-24-32-26-20-22-29-35(32)37-31-34(28-9-6-3)38-36-30-23-21-27-33(36)25-19-17-15-13-11-8-5-2;/h12-15,20-23,26-27,29-31H,4-11,16-19,24-25,28H2,1-3H3;/b14-12+,15-13+,37-31?,38-34?;. The van der Waals surface area contributed by atoms with Gasteiger partial charge in [0.2, 0.25) is 0 Å². The fourth-order valence-electron chi connectivity index (χ4n) is 4.42. The van der Waals surface area contributed by atoms with Gasteiger partial charge in [-0.1, -0.05) is 114 Å². The average molecular weight is 619 g/mol. The Kier molecular flexibility index (Phi) is 21.3. The Morgan fingerprint density at radius 1 is 0.590 bits per heavy atom. The normalized spacial score (nSPS) is 12.1. The van der Waals surface area contributed by atoms with Crippen LogP contribution >= 0.6 is 0 Å². The van der Waals surface area contributed by atoms with Crippen molar-refractivity contribution in [2.24, 2.45) is 9.98 Å². The predicted molar refractivity (Wildman–Crippen MR) is 171 cm³/mol. The summed E-state index contributed by atoms with van der Waals surface area (Å²) in [5.74, 6) is 0. The summed E-state index contributed by atoms with van der Waals surface area (Å²) < 4.78 is 0. The van der Waals surface area contributed by atoms with E-state index in [2.05, 4.69) is 93.6 Å². The molecule has 3 heteroatoms. The van der Waals surface area contributed by atoms with Gasteiger partial charge < -0.3 is 0 Å². The third-order valence-electron chi connectivity index (χ3n) is 6.80. The zero-order chi connectivity index (χ0) is 27.1. The van der Waals surface area contributed by atoms with Gasteiger partial charge in [-0.2, -0.15) is 0 Å². The van der Waals surface area contributed by atoms with Crippen molar-refractivity contribution in [1.29, 1.82) is 0 Å². The van der Waals surface area contributed by atoms with Crippen LogP contribution in [0.5, 0.6) is 0 Å². The van der Waals surface area contributed by atoms with E-state index in [9.17, 15) is 0 Å². The molecule has 0 spiro atoms. The monoisotopic (exact) mass is 618 g/mol. The van der Waals surface area contributed by atoms with Crippen molar-refractivity contribution in [3.8, 4) is 0 Å². The second-order valence-corrected chi connectivity index (χ2v) is 10.2. The minimum absolute atomic E-state index is 0. The summed E-state index contributed by atoms with van der Waals surface area (Å²) >= 11 is 0. The van der Waals surface area contributed by atoms with Gasteiger partial charge >= 0.3 is 0 Å². The minimum atomic E-state index is 0. The van der Waals surface area contributed by atoms with Crippen LogP contribution in [0.25, 0.3) is 0 Å². The van der Waals surface area contributed by atoms with Crippen molar-refractivity contribution in [1.82, 2.24) is 0 Å². The first-order chi connectivity index (χ1) is 18.8. The van der Waals surface area contributed by atoms with Gasteiger partial charge in [0.15, 0.2) is 0 Å². The van der Waals surface area contributed by atoms with E-state index in [1.165, 1.54) is 49.7 Å². The van der Waals surface area contributed by atoms with Gasteiger partial charge in [0, 0.05) is 26.6 Å². The van der Waals surface area contributed by atoms with Gasteiger partial charge in [0.05, 0.1) is 17.1 Å². The number of unbranched alkanes of at least 4 members (excludes halogenated alkanes) is 7. The van der Waals surface area contributed by atoms with Crippen LogP contribution in [0.1, 0.15) is 115 Å². The van der Waals surface area contributed by atoms with Gasteiger partial charge in [-0.3, -0.25) is 9.98 Å². The number of benzene rings is 2. The molecule has 0 amide bonds. The molecule has 0 aliphatic rings. The Hall–Kier alpha value is -2.08. The third-order valence-corrected chi connectivity index (χ3v) is 6.80. The molecule has 0 N–H and O–H groups in total. The molecule has 0 bridgehead atoms. The smallest absolute Gasteiger partial charge is 0.0665 e. The zero-order valence-corrected chi connectivity index (χ0v) is 26.4. The zero-order valence-electron chi connectivity index (χ0n) is 24.8. The van der Waals surface area contributed by atoms with E-state index in [1.807, 2.05) is 6.21 Å². The van der Waals surface area contributed by atoms with E-state index in [4.69, 9.17) is 9.98 Å². The largest absolute Gasteiger partial charge is 0.255 e. The van der Waals surface area contributed by atoms with Gasteiger partial charge in [-0.05, 0) is 87.5 Å². The van der Waals surface area contributed by atoms with Crippen LogP contribution in [0, 0.1) is 0 Å². The molecule has 2 rings (SSSR count). The maximum atomic E-state index is 5.13. The molecule has 0 saturated carbocycles. The summed E-state index contributed by atoms with van der Waals surface area (Å²) in [5, 5.41) is 0. The number of para-hydroxylation sites is 2. The molecule has 2 aromatic rings. The van der Waals surface area contributed by atoms with Crippen LogP contribution in [0.15, 0.2) is 82.8 Å². The topological polar surface area (TPSA) is 24.7 Å². The number of aryl methyl sites for hydroxylation is 2. The number of hydrogen-bond donors (Lipinski definition) is 0. The second-order valence-electron chi connectivity index (χ2n) is 10.2. The van der Waals surface area contributed by atoms with Crippen molar-refractivity contribution >= 4 is 23.3 Å². The summed E-state index contributed by atoms with van der Waals surface area (Å²) in [4.78, 5) is 10.1. The Labute approximate surface area is 253 Å². The number of nitrogens with zero attached hydrogens (tertiary/aromatic N) is 2. The van der Waals surface area contributed by atoms with Crippen molar-refractivity contribution in [2.45, 2.75) is 117 Å². The summed E-state index contributed by atoms with van der Waals surface area (Å²) in [6.45, 7) is 6.74. The van der Waals surface area contributed by atoms with E-state index in [0.29, 0.717) is 0 Å². The first kappa shape index (κ1) is 34.9. The summed E-state index contributed by atoms with van der Waals surface area (Å²) in [6, 6.07) is 17.2. The minimum Gasteiger partial charge on any atom is -0.255 e. The Morgan fingerprint density at radius 3 is 1.59 bits per heavy atom. The summed E-state index contributed by atoms with van der Waals surface area (Å²) in [6.07, 6.45) is 28.9. The third kappa shape index (κ3) is 15.9. The Balaban J connectivity index is 0.00000760. The number of rotatable bonds is 20. The molecule has 0 saturated heterocycles. The van der Waals surface area contributed by atoms with Crippen molar-refractivity contribution in [3.63, 3.8) is 0 Å². The molecule has 0 radical (unpaired) electrons. The van der Waals surface area contributed by atoms with E-state index in [0.717, 1.165) is 74.9 Å². The van der Waals surface area contributed by atoms with Crippen LogP contribution in [-0.2, 0) is 33.3 Å². The van der Waals surface area contributed by atoms with Crippen LogP contribution in [0.2, 0.25) is 0 Å². The number of allylic oxidation sites excluding steroid dienone is 4. The average Bonchev–Trinajstić information content (AvgIpc) is 2.94. The maximum absolute atomic E-state index is 5.13. The predicted octanol–water partition coefficient (Wildman–Crippen LogP) is 11.5. The summed E-state index contributed by atoms with van der Waals surface area (Å²) in [7, 11) is 0. The molecule has 2 nitrogen and oxygen atoms in total. The maximum Gasteiger partial charge on any atom is 0.0665 e. The molecular formula is C36H52N2Pd. The first-order valence-corrected chi connectivity index (χ1v) is 15.4. The van der Waals surface area contributed by atoms with Gasteiger partial charge in [-0.25, -0.2) is 0 Å².